The number of nitrogens with one attached hydrogen (secondary N) is 2. The van der Waals surface area contributed by atoms with Crippen LogP contribution in [-0.4, -0.2) is 41.9 Å². The Kier molecular flexibility index (Phi) is 5.80. The molecular weight excluding hydrogens is 386 g/mol. The molecule has 1 saturated heterocycles. The van der Waals surface area contributed by atoms with Crippen LogP contribution in [0.15, 0.2) is 30.3 Å². The van der Waals surface area contributed by atoms with E-state index in [4.69, 9.17) is 0 Å². The van der Waals surface area contributed by atoms with Crippen molar-refractivity contribution < 1.29 is 9.59 Å². The number of benzene rings is 1. The number of amides is 2. The average Bonchev–Trinajstić information content (AvgIpc) is 2.75. The van der Waals surface area contributed by atoms with Gasteiger partial charge in [-0.1, -0.05) is 30.3 Å². The maximum absolute atomic E-state index is 12.7. The van der Waals surface area contributed by atoms with Crippen molar-refractivity contribution in [3.63, 3.8) is 0 Å². The molecule has 5 aliphatic rings. The highest BCUT2D eigenvalue weighted by Gasteiger charge is 2.53. The second-order valence-electron chi connectivity index (χ2n) is 11.0. The van der Waals surface area contributed by atoms with Crippen molar-refractivity contribution in [1.29, 1.82) is 0 Å². The van der Waals surface area contributed by atoms with E-state index in [0.29, 0.717) is 0 Å². The van der Waals surface area contributed by atoms with Gasteiger partial charge in [-0.15, -0.1) is 0 Å². The molecule has 4 aliphatic carbocycles. The van der Waals surface area contributed by atoms with Gasteiger partial charge in [-0.3, -0.25) is 14.5 Å². The van der Waals surface area contributed by atoms with Gasteiger partial charge in [0.15, 0.2) is 0 Å². The molecule has 2 N–H and O–H groups in total. The Bertz CT molecular complexity index is 765. The van der Waals surface area contributed by atoms with Crippen LogP contribution < -0.4 is 10.6 Å². The van der Waals surface area contributed by atoms with Crippen LogP contribution in [0.1, 0.15) is 63.9 Å². The van der Waals surface area contributed by atoms with Crippen molar-refractivity contribution in [2.75, 3.05) is 13.1 Å². The van der Waals surface area contributed by atoms with E-state index < -0.39 is 11.8 Å². The second-order valence-corrected chi connectivity index (χ2v) is 11.0. The Labute approximate surface area is 186 Å². The summed E-state index contributed by atoms with van der Waals surface area (Å²) in [7, 11) is 0. The predicted octanol–water partition coefficient (Wildman–Crippen LogP) is 3.49. The monoisotopic (exact) mass is 423 g/mol. The van der Waals surface area contributed by atoms with E-state index >= 15 is 0 Å². The Morgan fingerprint density at radius 2 is 1.55 bits per heavy atom. The molecule has 5 heteroatoms. The van der Waals surface area contributed by atoms with Crippen molar-refractivity contribution in [3.05, 3.63) is 35.9 Å². The lowest BCUT2D eigenvalue weighted by Crippen LogP contribution is -2.58. The van der Waals surface area contributed by atoms with Gasteiger partial charge in [0.25, 0.3) is 0 Å². The highest BCUT2D eigenvalue weighted by molar-refractivity contribution is 6.35. The van der Waals surface area contributed by atoms with Crippen molar-refractivity contribution in [1.82, 2.24) is 15.5 Å². The summed E-state index contributed by atoms with van der Waals surface area (Å²) in [5, 5.41) is 6.11. The normalized spacial score (nSPS) is 33.8. The number of nitrogens with zero attached hydrogens (tertiary/aromatic N) is 1. The quantitative estimate of drug-likeness (QED) is 0.713. The molecule has 0 spiro atoms. The summed E-state index contributed by atoms with van der Waals surface area (Å²) in [6.07, 6.45) is 9.69. The zero-order chi connectivity index (χ0) is 21.4. The zero-order valence-corrected chi connectivity index (χ0v) is 18.8. The third-order valence-corrected chi connectivity index (χ3v) is 8.73. The van der Waals surface area contributed by atoms with E-state index in [-0.39, 0.29) is 17.5 Å². The summed E-state index contributed by atoms with van der Waals surface area (Å²) in [4.78, 5) is 27.7. The summed E-state index contributed by atoms with van der Waals surface area (Å²) in [5.74, 6) is 1.66. The molecule has 0 radical (unpaired) electrons. The molecule has 4 bridgehead atoms. The maximum Gasteiger partial charge on any atom is 0.309 e. The molecule has 5 nitrogen and oxygen atoms in total. The van der Waals surface area contributed by atoms with E-state index in [9.17, 15) is 9.59 Å². The molecule has 1 aromatic carbocycles. The third kappa shape index (κ3) is 4.52. The minimum absolute atomic E-state index is 0.0897. The number of piperidine rings is 1. The van der Waals surface area contributed by atoms with Crippen LogP contribution in [-0.2, 0) is 16.1 Å². The molecule has 1 aliphatic heterocycles. The van der Waals surface area contributed by atoms with Gasteiger partial charge in [0.1, 0.15) is 0 Å². The first kappa shape index (κ1) is 21.0. The number of carbonyl (C=O) groups is 2. The first-order valence-corrected chi connectivity index (χ1v) is 12.4. The minimum atomic E-state index is -0.446. The zero-order valence-electron chi connectivity index (χ0n) is 18.8. The minimum Gasteiger partial charge on any atom is -0.345 e. The first-order chi connectivity index (χ1) is 15.0. The van der Waals surface area contributed by atoms with Crippen LogP contribution in [0.25, 0.3) is 0 Å². The lowest BCUT2D eigenvalue weighted by molar-refractivity contribution is -0.142. The second kappa shape index (κ2) is 8.57. The van der Waals surface area contributed by atoms with Crippen LogP contribution in [0.2, 0.25) is 0 Å². The van der Waals surface area contributed by atoms with Crippen molar-refractivity contribution in [3.8, 4) is 0 Å². The molecular formula is C26H37N3O2. The summed E-state index contributed by atoms with van der Waals surface area (Å²) >= 11 is 0. The van der Waals surface area contributed by atoms with Crippen LogP contribution >= 0.6 is 0 Å². The summed E-state index contributed by atoms with van der Waals surface area (Å²) in [6.45, 7) is 4.99. The van der Waals surface area contributed by atoms with Gasteiger partial charge in [-0.05, 0) is 87.0 Å². The van der Waals surface area contributed by atoms with Crippen LogP contribution in [0.3, 0.4) is 0 Å². The Morgan fingerprint density at radius 3 is 2.13 bits per heavy atom. The predicted molar refractivity (Wildman–Crippen MR) is 121 cm³/mol. The number of likely N-dealkylation sites (tertiary alicyclic amines) is 1. The van der Waals surface area contributed by atoms with E-state index in [1.165, 1.54) is 44.1 Å². The molecule has 1 atom stereocenters. The van der Waals surface area contributed by atoms with Gasteiger partial charge in [-0.25, -0.2) is 0 Å². The van der Waals surface area contributed by atoms with E-state index in [0.717, 1.165) is 50.2 Å². The van der Waals surface area contributed by atoms with Crippen LogP contribution in [0.5, 0.6) is 0 Å². The molecule has 168 valence electrons. The van der Waals surface area contributed by atoms with Crippen LogP contribution in [0.4, 0.5) is 0 Å². The maximum atomic E-state index is 12.7. The fourth-order valence-electron chi connectivity index (χ4n) is 7.45. The van der Waals surface area contributed by atoms with E-state index in [1.807, 2.05) is 6.07 Å². The Hall–Kier alpha value is -1.88. The molecule has 2 amide bonds. The molecule has 6 rings (SSSR count). The number of carbonyl (C=O) groups excluding carboxylic acids is 2. The van der Waals surface area contributed by atoms with Gasteiger partial charge >= 0.3 is 11.8 Å². The SMILES string of the molecule is CC(NC(=O)C(=O)NC1CCN(Cc2ccccc2)CC1)C12CC3CC(CC(C3)C1)C2. The summed E-state index contributed by atoms with van der Waals surface area (Å²) in [6, 6.07) is 10.7. The van der Waals surface area contributed by atoms with Crippen molar-refractivity contribution in [2.24, 2.45) is 23.2 Å². The number of hydrogen-bond donors (Lipinski definition) is 2. The molecule has 1 heterocycles. The fraction of sp³-hybridized carbons (Fsp3) is 0.692. The molecule has 4 saturated carbocycles. The number of rotatable bonds is 5. The average molecular weight is 424 g/mol. The summed E-state index contributed by atoms with van der Waals surface area (Å²) in [5.41, 5.74) is 1.55. The largest absolute Gasteiger partial charge is 0.345 e. The van der Waals surface area contributed by atoms with Crippen molar-refractivity contribution >= 4 is 11.8 Å². The molecule has 1 unspecified atom stereocenters. The van der Waals surface area contributed by atoms with Crippen LogP contribution in [0, 0.1) is 23.2 Å². The smallest absolute Gasteiger partial charge is 0.309 e. The molecule has 5 fully saturated rings. The van der Waals surface area contributed by atoms with Gasteiger partial charge < -0.3 is 10.6 Å². The molecule has 1 aromatic rings. The molecule has 0 aromatic heterocycles. The topological polar surface area (TPSA) is 61.4 Å². The Morgan fingerprint density at radius 1 is 0.968 bits per heavy atom. The lowest BCUT2D eigenvalue weighted by atomic mass is 9.48. The molecule has 31 heavy (non-hydrogen) atoms. The van der Waals surface area contributed by atoms with Gasteiger partial charge in [0.05, 0.1) is 0 Å². The van der Waals surface area contributed by atoms with Gasteiger partial charge in [0, 0.05) is 31.7 Å². The van der Waals surface area contributed by atoms with Gasteiger partial charge in [0.2, 0.25) is 0 Å². The fourth-order valence-corrected chi connectivity index (χ4v) is 7.45. The highest BCUT2D eigenvalue weighted by atomic mass is 16.2. The third-order valence-electron chi connectivity index (χ3n) is 8.73. The van der Waals surface area contributed by atoms with E-state index in [1.54, 1.807) is 0 Å². The van der Waals surface area contributed by atoms with E-state index in [2.05, 4.69) is 46.7 Å². The van der Waals surface area contributed by atoms with Gasteiger partial charge in [-0.2, -0.15) is 0 Å². The number of hydrogen-bond acceptors (Lipinski definition) is 3. The Balaban J connectivity index is 1.08. The first-order valence-electron chi connectivity index (χ1n) is 12.4. The lowest BCUT2D eigenvalue weighted by Gasteiger charge is -2.59. The van der Waals surface area contributed by atoms with Crippen molar-refractivity contribution in [2.45, 2.75) is 76.9 Å². The highest BCUT2D eigenvalue weighted by Crippen LogP contribution is 2.61. The standard InChI is InChI=1S/C26H37N3O2/c1-18(26-14-20-11-21(15-26)13-22(12-20)16-26)27-24(30)25(31)28-23-7-9-29(10-8-23)17-19-5-3-2-4-6-19/h2-6,18,20-23H,7-17H2,1H3,(H,27,30)(H,28,31). The summed E-state index contributed by atoms with van der Waals surface area (Å²) < 4.78 is 0.